The van der Waals surface area contributed by atoms with Gasteiger partial charge in [-0.2, -0.15) is 0 Å². The van der Waals surface area contributed by atoms with Gasteiger partial charge in [-0.25, -0.2) is 9.97 Å². The zero-order chi connectivity index (χ0) is 12.4. The highest BCUT2D eigenvalue weighted by Crippen LogP contribution is 2.31. The maximum absolute atomic E-state index is 4.60. The zero-order valence-electron chi connectivity index (χ0n) is 11.3. The number of rotatable bonds is 2. The molecule has 1 aliphatic carbocycles. The molecule has 1 saturated heterocycles. The molecule has 2 aliphatic rings. The number of likely N-dealkylation sites (tertiary alicyclic amines) is 1. The smallest absolute Gasteiger partial charge is 0.132 e. The van der Waals surface area contributed by atoms with E-state index in [2.05, 4.69) is 21.8 Å². The standard InChI is InChI=1S/C15H23N3/c1-12-7-9-16-15(17-12)13-8-10-18(11-13)14-5-3-2-4-6-14/h7,9,13-14H,2-6,8,10-11H2,1H3/t13-/m1/s1. The van der Waals surface area contributed by atoms with Crippen molar-refractivity contribution in [2.75, 3.05) is 13.1 Å². The highest BCUT2D eigenvalue weighted by atomic mass is 15.2. The van der Waals surface area contributed by atoms with Gasteiger partial charge in [0, 0.05) is 30.4 Å². The van der Waals surface area contributed by atoms with Gasteiger partial charge in [-0.15, -0.1) is 0 Å². The molecule has 0 radical (unpaired) electrons. The van der Waals surface area contributed by atoms with E-state index in [4.69, 9.17) is 0 Å². The molecule has 18 heavy (non-hydrogen) atoms. The highest BCUT2D eigenvalue weighted by Gasteiger charge is 2.31. The topological polar surface area (TPSA) is 29.0 Å². The summed E-state index contributed by atoms with van der Waals surface area (Å²) < 4.78 is 0. The molecule has 1 aromatic heterocycles. The second-order valence-corrected chi connectivity index (χ2v) is 5.83. The fraction of sp³-hybridized carbons (Fsp3) is 0.733. The van der Waals surface area contributed by atoms with Crippen LogP contribution in [0.3, 0.4) is 0 Å². The summed E-state index contributed by atoms with van der Waals surface area (Å²) in [7, 11) is 0. The molecule has 2 heterocycles. The summed E-state index contributed by atoms with van der Waals surface area (Å²) in [5, 5.41) is 0. The molecule has 3 nitrogen and oxygen atoms in total. The maximum Gasteiger partial charge on any atom is 0.132 e. The van der Waals surface area contributed by atoms with Crippen molar-refractivity contribution in [3.05, 3.63) is 23.8 Å². The van der Waals surface area contributed by atoms with E-state index < -0.39 is 0 Å². The Morgan fingerprint density at radius 2 is 2.00 bits per heavy atom. The van der Waals surface area contributed by atoms with E-state index in [1.54, 1.807) is 0 Å². The molecule has 1 saturated carbocycles. The molecule has 0 spiro atoms. The minimum Gasteiger partial charge on any atom is -0.300 e. The van der Waals surface area contributed by atoms with Crippen LogP contribution in [0.15, 0.2) is 12.3 Å². The lowest BCUT2D eigenvalue weighted by Gasteiger charge is -2.30. The minimum absolute atomic E-state index is 0.562. The van der Waals surface area contributed by atoms with Gasteiger partial charge in [-0.3, -0.25) is 4.90 Å². The number of nitrogens with zero attached hydrogens (tertiary/aromatic N) is 3. The van der Waals surface area contributed by atoms with Crippen LogP contribution in [-0.2, 0) is 0 Å². The Morgan fingerprint density at radius 1 is 1.17 bits per heavy atom. The molecule has 2 fully saturated rings. The van der Waals surface area contributed by atoms with Gasteiger partial charge in [-0.1, -0.05) is 19.3 Å². The summed E-state index contributed by atoms with van der Waals surface area (Å²) in [6.07, 6.45) is 10.2. The summed E-state index contributed by atoms with van der Waals surface area (Å²) in [6.45, 7) is 4.47. The lowest BCUT2D eigenvalue weighted by atomic mass is 9.94. The van der Waals surface area contributed by atoms with Crippen molar-refractivity contribution in [2.24, 2.45) is 0 Å². The third-order valence-corrected chi connectivity index (χ3v) is 4.49. The molecular weight excluding hydrogens is 222 g/mol. The number of hydrogen-bond donors (Lipinski definition) is 0. The largest absolute Gasteiger partial charge is 0.300 e. The first-order valence-electron chi connectivity index (χ1n) is 7.36. The quantitative estimate of drug-likeness (QED) is 0.802. The Labute approximate surface area is 110 Å². The SMILES string of the molecule is Cc1ccnc([C@@H]2CCN(C3CCCCC3)C2)n1. The van der Waals surface area contributed by atoms with Gasteiger partial charge in [-0.05, 0) is 38.8 Å². The summed E-state index contributed by atoms with van der Waals surface area (Å²) in [6, 6.07) is 2.82. The first-order chi connectivity index (χ1) is 8.83. The first kappa shape index (κ1) is 12.1. The van der Waals surface area contributed by atoms with Gasteiger partial charge >= 0.3 is 0 Å². The van der Waals surface area contributed by atoms with Crippen LogP contribution in [-0.4, -0.2) is 34.0 Å². The van der Waals surface area contributed by atoms with Gasteiger partial charge in [0.2, 0.25) is 0 Å². The van der Waals surface area contributed by atoms with Crippen LogP contribution in [0.1, 0.15) is 56.0 Å². The van der Waals surface area contributed by atoms with E-state index in [1.165, 1.54) is 51.6 Å². The monoisotopic (exact) mass is 245 g/mol. The second-order valence-electron chi connectivity index (χ2n) is 5.83. The lowest BCUT2D eigenvalue weighted by Crippen LogP contribution is -2.34. The normalized spacial score (nSPS) is 26.6. The number of aryl methyl sites for hydroxylation is 1. The Hall–Kier alpha value is -0.960. The molecule has 1 aliphatic heterocycles. The molecule has 0 bridgehead atoms. The average Bonchev–Trinajstić information content (AvgIpc) is 2.89. The van der Waals surface area contributed by atoms with Crippen molar-refractivity contribution in [3.8, 4) is 0 Å². The van der Waals surface area contributed by atoms with E-state index in [0.717, 1.165) is 17.6 Å². The molecule has 1 atom stereocenters. The molecule has 0 aromatic carbocycles. The van der Waals surface area contributed by atoms with Crippen molar-refractivity contribution < 1.29 is 0 Å². The van der Waals surface area contributed by atoms with Crippen molar-refractivity contribution >= 4 is 0 Å². The maximum atomic E-state index is 4.60. The van der Waals surface area contributed by atoms with E-state index in [9.17, 15) is 0 Å². The predicted octanol–water partition coefficient (Wildman–Crippen LogP) is 2.91. The minimum atomic E-state index is 0.562. The van der Waals surface area contributed by atoms with Crippen LogP contribution in [0.4, 0.5) is 0 Å². The molecule has 98 valence electrons. The average molecular weight is 245 g/mol. The van der Waals surface area contributed by atoms with Crippen LogP contribution in [0.2, 0.25) is 0 Å². The van der Waals surface area contributed by atoms with E-state index >= 15 is 0 Å². The number of aromatic nitrogens is 2. The van der Waals surface area contributed by atoms with Crippen molar-refractivity contribution in [3.63, 3.8) is 0 Å². The van der Waals surface area contributed by atoms with Gasteiger partial charge in [0.25, 0.3) is 0 Å². The molecule has 1 aromatic rings. The molecule has 0 unspecified atom stereocenters. The highest BCUT2D eigenvalue weighted by molar-refractivity contribution is 5.06. The molecule has 3 rings (SSSR count). The summed E-state index contributed by atoms with van der Waals surface area (Å²) in [4.78, 5) is 11.8. The molecular formula is C15H23N3. The third-order valence-electron chi connectivity index (χ3n) is 4.49. The van der Waals surface area contributed by atoms with Gasteiger partial charge < -0.3 is 0 Å². The lowest BCUT2D eigenvalue weighted by molar-refractivity contribution is 0.189. The van der Waals surface area contributed by atoms with Crippen LogP contribution in [0.25, 0.3) is 0 Å². The van der Waals surface area contributed by atoms with E-state index in [-0.39, 0.29) is 0 Å². The Balaban J connectivity index is 1.64. The van der Waals surface area contributed by atoms with Crippen molar-refractivity contribution in [1.29, 1.82) is 0 Å². The molecule has 0 amide bonds. The second kappa shape index (κ2) is 5.35. The number of hydrogen-bond acceptors (Lipinski definition) is 3. The van der Waals surface area contributed by atoms with E-state index in [1.807, 2.05) is 12.3 Å². The van der Waals surface area contributed by atoms with Crippen molar-refractivity contribution in [1.82, 2.24) is 14.9 Å². The van der Waals surface area contributed by atoms with Gasteiger partial charge in [0.1, 0.15) is 5.82 Å². The summed E-state index contributed by atoms with van der Waals surface area (Å²) in [5.41, 5.74) is 1.09. The third kappa shape index (κ3) is 2.56. The van der Waals surface area contributed by atoms with Crippen LogP contribution >= 0.6 is 0 Å². The van der Waals surface area contributed by atoms with Crippen LogP contribution in [0.5, 0.6) is 0 Å². The van der Waals surface area contributed by atoms with Crippen LogP contribution in [0, 0.1) is 6.92 Å². The summed E-state index contributed by atoms with van der Waals surface area (Å²) in [5.74, 6) is 1.63. The first-order valence-corrected chi connectivity index (χ1v) is 7.36. The predicted molar refractivity (Wildman–Crippen MR) is 72.6 cm³/mol. The fourth-order valence-corrected chi connectivity index (χ4v) is 3.44. The Morgan fingerprint density at radius 3 is 2.78 bits per heavy atom. The summed E-state index contributed by atoms with van der Waals surface area (Å²) >= 11 is 0. The van der Waals surface area contributed by atoms with E-state index in [0.29, 0.717) is 5.92 Å². The van der Waals surface area contributed by atoms with Crippen molar-refractivity contribution in [2.45, 2.75) is 57.4 Å². The van der Waals surface area contributed by atoms with Crippen LogP contribution < -0.4 is 0 Å². The molecule has 3 heteroatoms. The fourth-order valence-electron chi connectivity index (χ4n) is 3.44. The molecule has 0 N–H and O–H groups in total. The zero-order valence-corrected chi connectivity index (χ0v) is 11.3. The Kier molecular flexibility index (Phi) is 3.59. The van der Waals surface area contributed by atoms with Gasteiger partial charge in [0.15, 0.2) is 0 Å². The van der Waals surface area contributed by atoms with Gasteiger partial charge in [0.05, 0.1) is 0 Å². The Bertz CT molecular complexity index is 398.